The molecule has 0 unspecified atom stereocenters. The highest BCUT2D eigenvalue weighted by Gasteiger charge is 2.34. The molecule has 1 aliphatic rings. The van der Waals surface area contributed by atoms with Crippen molar-refractivity contribution in [3.05, 3.63) is 41.0 Å². The lowest BCUT2D eigenvalue weighted by Gasteiger charge is -2.47. The Morgan fingerprint density at radius 3 is 2.50 bits per heavy atom. The van der Waals surface area contributed by atoms with Crippen LogP contribution in [0.15, 0.2) is 29.8 Å². The van der Waals surface area contributed by atoms with Crippen molar-refractivity contribution in [3.8, 4) is 10.4 Å². The first-order chi connectivity index (χ1) is 11.4. The van der Waals surface area contributed by atoms with Crippen LogP contribution in [0.4, 0.5) is 0 Å². The summed E-state index contributed by atoms with van der Waals surface area (Å²) in [4.78, 5) is 21.6. The van der Waals surface area contributed by atoms with Gasteiger partial charge in [-0.2, -0.15) is 0 Å². The van der Waals surface area contributed by atoms with Gasteiger partial charge < -0.3 is 4.90 Å². The Balaban J connectivity index is 1.70. The van der Waals surface area contributed by atoms with E-state index in [2.05, 4.69) is 54.9 Å². The topological polar surface area (TPSA) is 36.4 Å². The third-order valence-electron chi connectivity index (χ3n) is 4.85. The van der Waals surface area contributed by atoms with E-state index in [0.29, 0.717) is 0 Å². The molecule has 1 amide bonds. The number of rotatable bonds is 3. The maximum atomic E-state index is 11.6. The van der Waals surface area contributed by atoms with Crippen molar-refractivity contribution < 1.29 is 4.79 Å². The molecule has 2 heterocycles. The van der Waals surface area contributed by atoms with Crippen LogP contribution >= 0.6 is 11.3 Å². The number of hydrogen-bond donors (Lipinski definition) is 0. The molecule has 3 rings (SSSR count). The van der Waals surface area contributed by atoms with Gasteiger partial charge in [0.25, 0.3) is 0 Å². The minimum Gasteiger partial charge on any atom is -0.340 e. The fourth-order valence-corrected chi connectivity index (χ4v) is 4.12. The summed E-state index contributed by atoms with van der Waals surface area (Å²) in [5, 5.41) is 0. The van der Waals surface area contributed by atoms with Crippen molar-refractivity contribution in [1.82, 2.24) is 14.8 Å². The molecular weight excluding hydrogens is 318 g/mol. The number of thiazole rings is 1. The maximum Gasteiger partial charge on any atom is 0.219 e. The lowest BCUT2D eigenvalue weighted by atomic mass is 9.97. The van der Waals surface area contributed by atoms with Crippen LogP contribution in [0.25, 0.3) is 10.4 Å². The largest absolute Gasteiger partial charge is 0.340 e. The van der Waals surface area contributed by atoms with E-state index in [1.54, 1.807) is 18.3 Å². The van der Waals surface area contributed by atoms with Gasteiger partial charge in [-0.25, -0.2) is 4.98 Å². The van der Waals surface area contributed by atoms with E-state index in [1.807, 2.05) is 10.4 Å². The number of nitrogens with zero attached hydrogens (tertiary/aromatic N) is 3. The molecule has 0 N–H and O–H groups in total. The summed E-state index contributed by atoms with van der Waals surface area (Å²) in [6.07, 6.45) is 0. The summed E-state index contributed by atoms with van der Waals surface area (Å²) < 4.78 is 0. The van der Waals surface area contributed by atoms with Crippen LogP contribution in [-0.4, -0.2) is 45.9 Å². The summed E-state index contributed by atoms with van der Waals surface area (Å²) >= 11 is 1.69. The monoisotopic (exact) mass is 343 g/mol. The Labute approximate surface area is 148 Å². The molecule has 0 atom stereocenters. The number of aromatic nitrogens is 1. The number of hydrogen-bond acceptors (Lipinski definition) is 4. The van der Waals surface area contributed by atoms with Crippen LogP contribution in [-0.2, 0) is 11.3 Å². The Morgan fingerprint density at radius 1 is 1.25 bits per heavy atom. The predicted octanol–water partition coefficient (Wildman–Crippen LogP) is 3.56. The lowest BCUT2D eigenvalue weighted by Crippen LogP contribution is -2.59. The Hall–Kier alpha value is -1.72. The molecule has 24 heavy (non-hydrogen) atoms. The van der Waals surface area contributed by atoms with Crippen LogP contribution in [0, 0.1) is 6.92 Å². The van der Waals surface area contributed by atoms with Gasteiger partial charge >= 0.3 is 0 Å². The number of amides is 1. The number of benzene rings is 1. The van der Waals surface area contributed by atoms with Gasteiger partial charge in [0.05, 0.1) is 16.1 Å². The Bertz CT molecular complexity index is 720. The summed E-state index contributed by atoms with van der Waals surface area (Å²) in [5.74, 6) is 0.173. The smallest absolute Gasteiger partial charge is 0.219 e. The molecule has 1 aliphatic heterocycles. The zero-order valence-electron chi connectivity index (χ0n) is 14.9. The predicted molar refractivity (Wildman–Crippen MR) is 99.0 cm³/mol. The number of aryl methyl sites for hydroxylation is 1. The van der Waals surface area contributed by atoms with E-state index in [4.69, 9.17) is 0 Å². The molecular formula is C19H25N3OS. The molecule has 5 heteroatoms. The van der Waals surface area contributed by atoms with Gasteiger partial charge in [0.2, 0.25) is 5.91 Å². The highest BCUT2D eigenvalue weighted by atomic mass is 32.1. The summed E-state index contributed by atoms with van der Waals surface area (Å²) in [6.45, 7) is 11.6. The minimum absolute atomic E-state index is 0.00312. The standard InChI is InChI=1S/C19H25N3OS/c1-14-18(24-13-20-14)17-7-5-16(6-8-17)11-22-10-9-21(15(2)23)12-19(22,3)4/h5-8,13H,9-12H2,1-4H3. The van der Waals surface area contributed by atoms with E-state index >= 15 is 0 Å². The van der Waals surface area contributed by atoms with Gasteiger partial charge in [0.1, 0.15) is 0 Å². The van der Waals surface area contributed by atoms with Crippen LogP contribution in [0.5, 0.6) is 0 Å². The summed E-state index contributed by atoms with van der Waals surface area (Å²) in [7, 11) is 0. The van der Waals surface area contributed by atoms with Crippen molar-refractivity contribution >= 4 is 17.2 Å². The molecule has 1 aromatic heterocycles. The van der Waals surface area contributed by atoms with Crippen LogP contribution in [0.1, 0.15) is 32.0 Å². The van der Waals surface area contributed by atoms with Gasteiger partial charge in [-0.1, -0.05) is 24.3 Å². The molecule has 1 fully saturated rings. The second-order valence-electron chi connectivity index (χ2n) is 7.14. The van der Waals surface area contributed by atoms with E-state index in [-0.39, 0.29) is 11.4 Å². The van der Waals surface area contributed by atoms with Gasteiger partial charge in [-0.15, -0.1) is 11.3 Å². The molecule has 0 bridgehead atoms. The first-order valence-electron chi connectivity index (χ1n) is 8.37. The maximum absolute atomic E-state index is 11.6. The molecule has 2 aromatic rings. The second-order valence-corrected chi connectivity index (χ2v) is 7.99. The highest BCUT2D eigenvalue weighted by molar-refractivity contribution is 7.13. The summed E-state index contributed by atoms with van der Waals surface area (Å²) in [5.41, 5.74) is 5.53. The Kier molecular flexibility index (Phi) is 4.74. The van der Waals surface area contributed by atoms with Crippen LogP contribution in [0.2, 0.25) is 0 Å². The first-order valence-corrected chi connectivity index (χ1v) is 9.25. The van der Waals surface area contributed by atoms with Crippen molar-refractivity contribution in [2.75, 3.05) is 19.6 Å². The normalized spacial score (nSPS) is 17.9. The lowest BCUT2D eigenvalue weighted by molar-refractivity contribution is -0.134. The fourth-order valence-electron chi connectivity index (χ4n) is 3.31. The summed E-state index contributed by atoms with van der Waals surface area (Å²) in [6, 6.07) is 8.80. The molecule has 1 saturated heterocycles. The third kappa shape index (κ3) is 3.52. The number of carbonyl (C=O) groups is 1. The van der Waals surface area contributed by atoms with Crippen molar-refractivity contribution in [2.24, 2.45) is 0 Å². The van der Waals surface area contributed by atoms with Gasteiger partial charge in [0, 0.05) is 38.6 Å². The second kappa shape index (κ2) is 6.65. The van der Waals surface area contributed by atoms with Gasteiger partial charge in [-0.05, 0) is 31.9 Å². The van der Waals surface area contributed by atoms with E-state index in [9.17, 15) is 4.79 Å². The zero-order chi connectivity index (χ0) is 17.3. The molecule has 1 aromatic carbocycles. The number of carbonyl (C=O) groups excluding carboxylic acids is 1. The third-order valence-corrected chi connectivity index (χ3v) is 5.83. The number of piperazine rings is 1. The van der Waals surface area contributed by atoms with E-state index in [1.165, 1.54) is 16.0 Å². The van der Waals surface area contributed by atoms with Crippen molar-refractivity contribution in [1.29, 1.82) is 0 Å². The first kappa shape index (κ1) is 17.1. The average molecular weight is 343 g/mol. The average Bonchev–Trinajstić information content (AvgIpc) is 2.95. The van der Waals surface area contributed by atoms with Gasteiger partial charge in [0.15, 0.2) is 0 Å². The molecule has 128 valence electrons. The fraction of sp³-hybridized carbons (Fsp3) is 0.474. The molecule has 0 saturated carbocycles. The van der Waals surface area contributed by atoms with Crippen molar-refractivity contribution in [2.45, 2.75) is 39.8 Å². The van der Waals surface area contributed by atoms with Crippen molar-refractivity contribution in [3.63, 3.8) is 0 Å². The van der Waals surface area contributed by atoms with E-state index in [0.717, 1.165) is 31.9 Å². The molecule has 0 aliphatic carbocycles. The van der Waals surface area contributed by atoms with Crippen LogP contribution < -0.4 is 0 Å². The Morgan fingerprint density at radius 2 is 1.96 bits per heavy atom. The quantitative estimate of drug-likeness (QED) is 0.855. The SMILES string of the molecule is CC(=O)N1CCN(Cc2ccc(-c3scnc3C)cc2)C(C)(C)C1. The van der Waals surface area contributed by atoms with Gasteiger partial charge in [-0.3, -0.25) is 9.69 Å². The van der Waals surface area contributed by atoms with Crippen LogP contribution in [0.3, 0.4) is 0 Å². The van der Waals surface area contributed by atoms with E-state index < -0.39 is 0 Å². The molecule has 4 nitrogen and oxygen atoms in total. The zero-order valence-corrected chi connectivity index (χ0v) is 15.7. The highest BCUT2D eigenvalue weighted by Crippen LogP contribution is 2.28. The minimum atomic E-state index is -0.00312. The molecule has 0 radical (unpaired) electrons. The molecule has 0 spiro atoms.